The van der Waals surface area contributed by atoms with Crippen molar-refractivity contribution < 1.29 is 0 Å². The Labute approximate surface area is 76.0 Å². The van der Waals surface area contributed by atoms with E-state index in [2.05, 4.69) is 16.2 Å². The first-order valence-corrected chi connectivity index (χ1v) is 4.57. The van der Waals surface area contributed by atoms with Gasteiger partial charge in [0.1, 0.15) is 5.65 Å². The smallest absolute Gasteiger partial charge is 0.137 e. The Hall–Kier alpha value is -1.51. The number of nitrogen functional groups attached to an aromatic ring is 1. The van der Waals surface area contributed by atoms with Crippen molar-refractivity contribution in [2.75, 3.05) is 5.73 Å². The molecule has 3 rings (SSSR count). The van der Waals surface area contributed by atoms with Crippen molar-refractivity contribution in [3.8, 4) is 0 Å². The quantitative estimate of drug-likeness (QED) is 0.693. The second kappa shape index (κ2) is 2.25. The number of fused-ring (bicyclic) bond motifs is 1. The highest BCUT2D eigenvalue weighted by molar-refractivity contribution is 5.83. The first-order chi connectivity index (χ1) is 6.34. The molecule has 1 aliphatic rings. The van der Waals surface area contributed by atoms with Gasteiger partial charge in [-0.1, -0.05) is 0 Å². The lowest BCUT2D eigenvalue weighted by Crippen LogP contribution is -1.86. The van der Waals surface area contributed by atoms with Gasteiger partial charge in [-0.2, -0.15) is 0 Å². The summed E-state index contributed by atoms with van der Waals surface area (Å²) >= 11 is 0. The third-order valence-electron chi connectivity index (χ3n) is 2.60. The molecule has 0 atom stereocenters. The van der Waals surface area contributed by atoms with Gasteiger partial charge >= 0.3 is 0 Å². The van der Waals surface area contributed by atoms with Crippen molar-refractivity contribution in [2.45, 2.75) is 18.8 Å². The molecule has 0 aliphatic heterocycles. The van der Waals surface area contributed by atoms with Gasteiger partial charge in [0.2, 0.25) is 0 Å². The molecule has 0 amide bonds. The highest BCUT2D eigenvalue weighted by Gasteiger charge is 2.26. The molecule has 1 fully saturated rings. The van der Waals surface area contributed by atoms with Crippen LogP contribution in [0.2, 0.25) is 0 Å². The Morgan fingerprint density at radius 3 is 3.08 bits per heavy atom. The lowest BCUT2D eigenvalue weighted by atomic mass is 10.1. The molecule has 3 N–H and O–H groups in total. The van der Waals surface area contributed by atoms with Gasteiger partial charge in [0, 0.05) is 11.6 Å². The van der Waals surface area contributed by atoms with E-state index in [9.17, 15) is 0 Å². The van der Waals surface area contributed by atoms with Crippen LogP contribution in [0.5, 0.6) is 0 Å². The standard InChI is InChI=1S/C10H11N3/c11-7-3-8-9(6-1-2-6)5-13-10(8)12-4-7/h3-6H,1-2,11H2,(H,12,13). The second-order valence-electron chi connectivity index (χ2n) is 3.68. The number of hydrogen-bond donors (Lipinski definition) is 2. The van der Waals surface area contributed by atoms with Gasteiger partial charge in [0.15, 0.2) is 0 Å². The van der Waals surface area contributed by atoms with E-state index in [0.717, 1.165) is 17.3 Å². The maximum absolute atomic E-state index is 5.70. The average molecular weight is 173 g/mol. The molecule has 2 heterocycles. The summed E-state index contributed by atoms with van der Waals surface area (Å²) in [5, 5.41) is 1.20. The summed E-state index contributed by atoms with van der Waals surface area (Å²) in [5.41, 5.74) is 8.78. The van der Waals surface area contributed by atoms with E-state index in [1.165, 1.54) is 23.8 Å². The Morgan fingerprint density at radius 2 is 2.31 bits per heavy atom. The lowest BCUT2D eigenvalue weighted by Gasteiger charge is -1.95. The largest absolute Gasteiger partial charge is 0.397 e. The van der Waals surface area contributed by atoms with Crippen molar-refractivity contribution in [3.63, 3.8) is 0 Å². The molecule has 3 nitrogen and oxygen atoms in total. The summed E-state index contributed by atoms with van der Waals surface area (Å²) in [7, 11) is 0. The molecular formula is C10H11N3. The van der Waals surface area contributed by atoms with Crippen LogP contribution in [0.1, 0.15) is 24.3 Å². The molecule has 0 bridgehead atoms. The molecule has 0 unspecified atom stereocenters. The van der Waals surface area contributed by atoms with Crippen LogP contribution in [-0.4, -0.2) is 9.97 Å². The molecule has 1 saturated carbocycles. The first kappa shape index (κ1) is 6.95. The molecule has 13 heavy (non-hydrogen) atoms. The zero-order chi connectivity index (χ0) is 8.84. The number of pyridine rings is 1. The fourth-order valence-electron chi connectivity index (χ4n) is 1.77. The van der Waals surface area contributed by atoms with Gasteiger partial charge in [-0.25, -0.2) is 4.98 Å². The van der Waals surface area contributed by atoms with Crippen LogP contribution in [0.25, 0.3) is 11.0 Å². The van der Waals surface area contributed by atoms with Crippen molar-refractivity contribution in [1.29, 1.82) is 0 Å². The van der Waals surface area contributed by atoms with Crippen LogP contribution in [0.15, 0.2) is 18.5 Å². The fraction of sp³-hybridized carbons (Fsp3) is 0.300. The highest BCUT2D eigenvalue weighted by atomic mass is 14.8. The topological polar surface area (TPSA) is 54.7 Å². The zero-order valence-electron chi connectivity index (χ0n) is 7.25. The molecule has 2 aromatic rings. The van der Waals surface area contributed by atoms with Crippen molar-refractivity contribution in [3.05, 3.63) is 24.0 Å². The van der Waals surface area contributed by atoms with Crippen molar-refractivity contribution >= 4 is 16.7 Å². The van der Waals surface area contributed by atoms with E-state index < -0.39 is 0 Å². The Balaban J connectivity index is 2.29. The molecule has 0 spiro atoms. The summed E-state index contributed by atoms with van der Waals surface area (Å²) in [5.74, 6) is 0.748. The predicted molar refractivity (Wildman–Crippen MR) is 52.5 cm³/mol. The second-order valence-corrected chi connectivity index (χ2v) is 3.68. The lowest BCUT2D eigenvalue weighted by molar-refractivity contribution is 1.15. The van der Waals surface area contributed by atoms with Gasteiger partial charge in [-0.15, -0.1) is 0 Å². The molecule has 66 valence electrons. The van der Waals surface area contributed by atoms with E-state index in [4.69, 9.17) is 5.73 Å². The Morgan fingerprint density at radius 1 is 1.46 bits per heavy atom. The van der Waals surface area contributed by atoms with Gasteiger partial charge in [-0.05, 0) is 30.4 Å². The van der Waals surface area contributed by atoms with Crippen molar-refractivity contribution in [1.82, 2.24) is 9.97 Å². The molecule has 2 aromatic heterocycles. The zero-order valence-corrected chi connectivity index (χ0v) is 7.25. The number of H-pyrrole nitrogens is 1. The summed E-state index contributed by atoms with van der Waals surface area (Å²) in [6.45, 7) is 0. The van der Waals surface area contributed by atoms with Crippen molar-refractivity contribution in [2.24, 2.45) is 0 Å². The minimum atomic E-state index is 0.744. The average Bonchev–Trinajstić information content (AvgIpc) is 2.87. The van der Waals surface area contributed by atoms with E-state index in [0.29, 0.717) is 0 Å². The Bertz CT molecular complexity index is 454. The van der Waals surface area contributed by atoms with E-state index in [1.54, 1.807) is 6.20 Å². The van der Waals surface area contributed by atoms with Crippen LogP contribution in [0.4, 0.5) is 5.69 Å². The predicted octanol–water partition coefficient (Wildman–Crippen LogP) is 2.02. The summed E-state index contributed by atoms with van der Waals surface area (Å²) in [6, 6.07) is 2.01. The number of hydrogen-bond acceptors (Lipinski definition) is 2. The third-order valence-corrected chi connectivity index (χ3v) is 2.60. The molecular weight excluding hydrogens is 162 g/mol. The molecule has 0 aromatic carbocycles. The van der Waals surface area contributed by atoms with Crippen LogP contribution in [0, 0.1) is 0 Å². The number of aromatic amines is 1. The third kappa shape index (κ3) is 1.00. The van der Waals surface area contributed by atoms with Crippen LogP contribution < -0.4 is 5.73 Å². The SMILES string of the molecule is Nc1cnc2[nH]cc(C3CC3)c2c1. The number of anilines is 1. The van der Waals surface area contributed by atoms with Gasteiger partial charge < -0.3 is 10.7 Å². The molecule has 3 heteroatoms. The summed E-state index contributed by atoms with van der Waals surface area (Å²) in [6.07, 6.45) is 6.37. The van der Waals surface area contributed by atoms with Gasteiger partial charge in [0.25, 0.3) is 0 Å². The van der Waals surface area contributed by atoms with Crippen LogP contribution >= 0.6 is 0 Å². The molecule has 0 saturated heterocycles. The number of rotatable bonds is 1. The molecule has 0 radical (unpaired) electrons. The minimum Gasteiger partial charge on any atom is -0.397 e. The maximum Gasteiger partial charge on any atom is 0.137 e. The molecule has 1 aliphatic carbocycles. The van der Waals surface area contributed by atoms with E-state index in [1.807, 2.05) is 6.07 Å². The van der Waals surface area contributed by atoms with E-state index in [-0.39, 0.29) is 0 Å². The van der Waals surface area contributed by atoms with Gasteiger partial charge in [-0.3, -0.25) is 0 Å². The normalized spacial score (nSPS) is 16.6. The Kier molecular flexibility index (Phi) is 1.20. The van der Waals surface area contributed by atoms with Crippen LogP contribution in [-0.2, 0) is 0 Å². The summed E-state index contributed by atoms with van der Waals surface area (Å²) in [4.78, 5) is 7.40. The van der Waals surface area contributed by atoms with Crippen LogP contribution in [0.3, 0.4) is 0 Å². The number of aromatic nitrogens is 2. The summed E-state index contributed by atoms with van der Waals surface area (Å²) < 4.78 is 0. The minimum absolute atomic E-state index is 0.744. The highest BCUT2D eigenvalue weighted by Crippen LogP contribution is 2.43. The van der Waals surface area contributed by atoms with Gasteiger partial charge in [0.05, 0.1) is 11.9 Å². The van der Waals surface area contributed by atoms with E-state index >= 15 is 0 Å². The number of nitrogens with zero attached hydrogens (tertiary/aromatic N) is 1. The fourth-order valence-corrected chi connectivity index (χ4v) is 1.77. The first-order valence-electron chi connectivity index (χ1n) is 4.57. The maximum atomic E-state index is 5.70. The number of nitrogens with one attached hydrogen (secondary N) is 1. The number of nitrogens with two attached hydrogens (primary N) is 1. The monoisotopic (exact) mass is 173 g/mol.